The van der Waals surface area contributed by atoms with Crippen LogP contribution in [0.4, 0.5) is 5.69 Å². The zero-order valence-corrected chi connectivity index (χ0v) is 11.9. The number of nitrogens with two attached hydrogens (primary N) is 1. The van der Waals surface area contributed by atoms with Crippen LogP contribution in [-0.4, -0.2) is 33.2 Å². The van der Waals surface area contributed by atoms with Crippen LogP contribution in [0.1, 0.15) is 24.2 Å². The van der Waals surface area contributed by atoms with Crippen molar-refractivity contribution in [2.45, 2.75) is 38.0 Å². The van der Waals surface area contributed by atoms with Gasteiger partial charge in [-0.05, 0) is 32.9 Å². The highest BCUT2D eigenvalue weighted by atomic mass is 32.2. The number of aromatic nitrogens is 2. The number of hydrogen-bond acceptors (Lipinski definition) is 4. The van der Waals surface area contributed by atoms with Crippen LogP contribution in [0.3, 0.4) is 0 Å². The van der Waals surface area contributed by atoms with Crippen LogP contribution in [0.2, 0.25) is 0 Å². The largest absolute Gasteiger partial charge is 0.396 e. The van der Waals surface area contributed by atoms with Gasteiger partial charge in [0.1, 0.15) is 6.54 Å². The van der Waals surface area contributed by atoms with Gasteiger partial charge in [0.05, 0.1) is 17.1 Å². The number of thioether (sulfide) groups is 1. The summed E-state index contributed by atoms with van der Waals surface area (Å²) >= 11 is 1.84. The van der Waals surface area contributed by atoms with E-state index in [0.717, 1.165) is 17.9 Å². The number of hydrogen-bond donors (Lipinski definition) is 2. The van der Waals surface area contributed by atoms with Gasteiger partial charge < -0.3 is 11.1 Å². The predicted molar refractivity (Wildman–Crippen MR) is 74.6 cm³/mol. The number of nitrogen functional groups attached to an aromatic ring is 1. The Morgan fingerprint density at radius 3 is 2.67 bits per heavy atom. The van der Waals surface area contributed by atoms with Gasteiger partial charge in [0.25, 0.3) is 0 Å². The molecule has 1 aromatic heterocycles. The van der Waals surface area contributed by atoms with Crippen LogP contribution in [0.15, 0.2) is 0 Å². The van der Waals surface area contributed by atoms with E-state index in [2.05, 4.69) is 16.7 Å². The first-order chi connectivity index (χ1) is 8.47. The minimum atomic E-state index is 0.000856. The van der Waals surface area contributed by atoms with Crippen molar-refractivity contribution in [2.24, 2.45) is 0 Å². The lowest BCUT2D eigenvalue weighted by molar-refractivity contribution is -0.121. The highest BCUT2D eigenvalue weighted by molar-refractivity contribution is 8.00. The first-order valence-corrected chi connectivity index (χ1v) is 7.31. The fourth-order valence-corrected chi connectivity index (χ4v) is 2.64. The van der Waals surface area contributed by atoms with Crippen molar-refractivity contribution in [2.75, 3.05) is 18.5 Å². The Labute approximate surface area is 111 Å². The van der Waals surface area contributed by atoms with Gasteiger partial charge in [-0.15, -0.1) is 0 Å². The number of nitrogens with zero attached hydrogens (tertiary/aromatic N) is 2. The molecular formula is C12H20N4OS. The minimum absolute atomic E-state index is 0.000856. The molecule has 1 fully saturated rings. The standard InChI is InChI=1S/C12H20N4OS/c1-8-11(13)9(2)16(15-8)6-10(17)14-7-12(18-3)4-5-12/h4-7,13H2,1-3H3,(H,14,17). The lowest BCUT2D eigenvalue weighted by Crippen LogP contribution is -2.34. The molecule has 0 aliphatic heterocycles. The Kier molecular flexibility index (Phi) is 3.56. The van der Waals surface area contributed by atoms with E-state index in [4.69, 9.17) is 5.73 Å². The Hall–Kier alpha value is -1.17. The normalized spacial score (nSPS) is 16.6. The van der Waals surface area contributed by atoms with E-state index in [1.54, 1.807) is 4.68 Å². The van der Waals surface area contributed by atoms with Crippen molar-refractivity contribution < 1.29 is 4.79 Å². The SMILES string of the molecule is CSC1(CNC(=O)Cn2nc(C)c(N)c2C)CC1. The molecule has 1 aliphatic carbocycles. The molecule has 0 saturated heterocycles. The summed E-state index contributed by atoms with van der Waals surface area (Å²) in [6.07, 6.45) is 4.49. The van der Waals surface area contributed by atoms with Crippen molar-refractivity contribution >= 4 is 23.4 Å². The molecule has 100 valence electrons. The van der Waals surface area contributed by atoms with Crippen LogP contribution in [0.25, 0.3) is 0 Å². The molecule has 0 radical (unpaired) electrons. The molecule has 0 spiro atoms. The summed E-state index contributed by atoms with van der Waals surface area (Å²) in [6.45, 7) is 4.73. The molecule has 0 aromatic carbocycles. The molecular weight excluding hydrogens is 248 g/mol. The smallest absolute Gasteiger partial charge is 0.241 e. The average Bonchev–Trinajstić information content (AvgIpc) is 3.09. The Bertz CT molecular complexity index is 465. The van der Waals surface area contributed by atoms with Gasteiger partial charge in [0.2, 0.25) is 5.91 Å². The zero-order chi connectivity index (χ0) is 13.3. The van der Waals surface area contributed by atoms with Crippen molar-refractivity contribution in [1.82, 2.24) is 15.1 Å². The van der Waals surface area contributed by atoms with E-state index in [9.17, 15) is 4.79 Å². The lowest BCUT2D eigenvalue weighted by Gasteiger charge is -2.13. The number of rotatable bonds is 5. The monoisotopic (exact) mass is 268 g/mol. The van der Waals surface area contributed by atoms with Crippen molar-refractivity contribution in [3.8, 4) is 0 Å². The highest BCUT2D eigenvalue weighted by Gasteiger charge is 2.41. The Balaban J connectivity index is 1.89. The maximum Gasteiger partial charge on any atom is 0.241 e. The molecule has 1 aromatic rings. The number of aryl methyl sites for hydroxylation is 1. The molecule has 5 nitrogen and oxygen atoms in total. The van der Waals surface area contributed by atoms with E-state index in [1.165, 1.54) is 12.8 Å². The molecule has 0 bridgehead atoms. The third-order valence-electron chi connectivity index (χ3n) is 3.58. The van der Waals surface area contributed by atoms with Crippen LogP contribution in [-0.2, 0) is 11.3 Å². The second kappa shape index (κ2) is 4.84. The molecule has 1 saturated carbocycles. The van der Waals surface area contributed by atoms with Crippen molar-refractivity contribution in [1.29, 1.82) is 0 Å². The maximum atomic E-state index is 11.9. The number of carbonyl (C=O) groups excluding carboxylic acids is 1. The minimum Gasteiger partial charge on any atom is -0.396 e. The number of carbonyl (C=O) groups is 1. The summed E-state index contributed by atoms with van der Waals surface area (Å²) < 4.78 is 1.96. The summed E-state index contributed by atoms with van der Waals surface area (Å²) in [5.74, 6) is 0.000856. The number of nitrogens with one attached hydrogen (secondary N) is 1. The van der Waals surface area contributed by atoms with Crippen molar-refractivity contribution in [3.63, 3.8) is 0 Å². The van der Waals surface area contributed by atoms with Gasteiger partial charge in [0.15, 0.2) is 0 Å². The van der Waals surface area contributed by atoms with Gasteiger partial charge in [-0.25, -0.2) is 0 Å². The van der Waals surface area contributed by atoms with E-state index in [0.29, 0.717) is 10.4 Å². The second-order valence-electron chi connectivity index (χ2n) is 4.91. The van der Waals surface area contributed by atoms with Crippen molar-refractivity contribution in [3.05, 3.63) is 11.4 Å². The Morgan fingerprint density at radius 1 is 1.56 bits per heavy atom. The third kappa shape index (κ3) is 2.63. The van der Waals surface area contributed by atoms with E-state index >= 15 is 0 Å². The molecule has 1 heterocycles. The summed E-state index contributed by atoms with van der Waals surface area (Å²) in [4.78, 5) is 11.9. The van der Waals surface area contributed by atoms with E-state index < -0.39 is 0 Å². The van der Waals surface area contributed by atoms with E-state index in [1.807, 2.05) is 25.6 Å². The van der Waals surface area contributed by atoms with Gasteiger partial charge >= 0.3 is 0 Å². The fourth-order valence-electron chi connectivity index (χ4n) is 1.91. The number of amides is 1. The first-order valence-electron chi connectivity index (χ1n) is 6.09. The molecule has 0 unspecified atom stereocenters. The van der Waals surface area contributed by atoms with Crippen LogP contribution in [0, 0.1) is 13.8 Å². The Morgan fingerprint density at radius 2 is 2.22 bits per heavy atom. The van der Waals surface area contributed by atoms with E-state index in [-0.39, 0.29) is 12.5 Å². The zero-order valence-electron chi connectivity index (χ0n) is 11.1. The van der Waals surface area contributed by atoms with Crippen LogP contribution in [0.5, 0.6) is 0 Å². The third-order valence-corrected chi connectivity index (χ3v) is 5.00. The van der Waals surface area contributed by atoms with Crippen LogP contribution >= 0.6 is 11.8 Å². The molecule has 1 aliphatic rings. The topological polar surface area (TPSA) is 72.9 Å². The summed E-state index contributed by atoms with van der Waals surface area (Å²) in [6, 6.07) is 0. The van der Waals surface area contributed by atoms with Crippen LogP contribution < -0.4 is 11.1 Å². The summed E-state index contributed by atoms with van der Waals surface area (Å²) in [7, 11) is 0. The van der Waals surface area contributed by atoms with Gasteiger partial charge in [-0.2, -0.15) is 16.9 Å². The number of anilines is 1. The quantitative estimate of drug-likeness (QED) is 0.838. The molecule has 2 rings (SSSR count). The van der Waals surface area contributed by atoms with Gasteiger partial charge in [-0.3, -0.25) is 9.48 Å². The lowest BCUT2D eigenvalue weighted by atomic mass is 10.3. The summed E-state index contributed by atoms with van der Waals surface area (Å²) in [5, 5.41) is 7.23. The summed E-state index contributed by atoms with van der Waals surface area (Å²) in [5.41, 5.74) is 8.14. The second-order valence-corrected chi connectivity index (χ2v) is 6.18. The van der Waals surface area contributed by atoms with Gasteiger partial charge in [0, 0.05) is 11.3 Å². The molecule has 18 heavy (non-hydrogen) atoms. The predicted octanol–water partition coefficient (Wildman–Crippen LogP) is 1.09. The molecule has 1 amide bonds. The molecule has 3 N–H and O–H groups in total. The average molecular weight is 268 g/mol. The van der Waals surface area contributed by atoms with Gasteiger partial charge in [-0.1, -0.05) is 0 Å². The first kappa shape index (κ1) is 13.3. The molecule has 6 heteroatoms. The molecule has 0 atom stereocenters. The highest BCUT2D eigenvalue weighted by Crippen LogP contribution is 2.46. The maximum absolute atomic E-state index is 11.9. The fraction of sp³-hybridized carbons (Fsp3) is 0.667.